The quantitative estimate of drug-likeness (QED) is 0.501. The third-order valence-electron chi connectivity index (χ3n) is 1.64. The van der Waals surface area contributed by atoms with Crippen molar-refractivity contribution in [3.05, 3.63) is 0 Å². The first kappa shape index (κ1) is 5.30. The van der Waals surface area contributed by atoms with Crippen molar-refractivity contribution in [2.75, 3.05) is 0 Å². The Bertz CT molecular complexity index is 162. The zero-order valence-corrected chi connectivity index (χ0v) is 4.77. The molecule has 0 aromatic rings. The molecule has 1 aliphatic rings. The normalized spacial score (nSPS) is 21.5. The average Bonchev–Trinajstić information content (AvgIpc) is 2.44. The first-order valence-corrected chi connectivity index (χ1v) is 2.63. The number of nitriles is 1. The lowest BCUT2D eigenvalue weighted by Crippen LogP contribution is -2.07. The molecule has 0 spiro atoms. The molecule has 1 fully saturated rings. The van der Waals surface area contributed by atoms with Crippen LogP contribution in [0.5, 0.6) is 0 Å². The summed E-state index contributed by atoms with van der Waals surface area (Å²) in [6, 6.07) is 2.00. The molecular formula is C6H7NO. The van der Waals surface area contributed by atoms with Gasteiger partial charge in [0.25, 0.3) is 0 Å². The van der Waals surface area contributed by atoms with Crippen molar-refractivity contribution in [1.82, 2.24) is 0 Å². The zero-order chi connectivity index (χ0) is 6.20. The van der Waals surface area contributed by atoms with Gasteiger partial charge in [0.2, 0.25) is 0 Å². The highest BCUT2D eigenvalue weighted by molar-refractivity contribution is 5.87. The van der Waals surface area contributed by atoms with E-state index >= 15 is 0 Å². The van der Waals surface area contributed by atoms with E-state index in [1.807, 2.05) is 6.07 Å². The number of hydrogen-bond donors (Lipinski definition) is 0. The molecule has 0 radical (unpaired) electrons. The number of carbonyl (C=O) groups excluding carboxylic acids is 1. The van der Waals surface area contributed by atoms with E-state index in [2.05, 4.69) is 0 Å². The van der Waals surface area contributed by atoms with Gasteiger partial charge >= 0.3 is 0 Å². The minimum atomic E-state index is -0.542. The lowest BCUT2D eigenvalue weighted by atomic mass is 10.1. The predicted molar refractivity (Wildman–Crippen MR) is 28.0 cm³/mol. The molecule has 2 nitrogen and oxygen atoms in total. The Morgan fingerprint density at radius 3 is 2.25 bits per heavy atom. The van der Waals surface area contributed by atoms with Gasteiger partial charge in [-0.05, 0) is 19.8 Å². The Labute approximate surface area is 48.1 Å². The molecule has 0 amide bonds. The number of Topliss-reactive ketones (excluding diaryl/α,β-unsaturated/α-hetero) is 1. The van der Waals surface area contributed by atoms with E-state index in [9.17, 15) is 4.79 Å². The third kappa shape index (κ3) is 0.516. The fraction of sp³-hybridized carbons (Fsp3) is 0.667. The van der Waals surface area contributed by atoms with Gasteiger partial charge in [-0.25, -0.2) is 0 Å². The second-order valence-corrected chi connectivity index (χ2v) is 2.25. The van der Waals surface area contributed by atoms with Gasteiger partial charge in [-0.3, -0.25) is 4.79 Å². The fourth-order valence-electron chi connectivity index (χ4n) is 0.668. The molecule has 1 saturated carbocycles. The summed E-state index contributed by atoms with van der Waals surface area (Å²) >= 11 is 0. The van der Waals surface area contributed by atoms with E-state index in [0.717, 1.165) is 12.8 Å². The van der Waals surface area contributed by atoms with Crippen molar-refractivity contribution in [3.8, 4) is 6.07 Å². The van der Waals surface area contributed by atoms with Crippen LogP contribution in [0.15, 0.2) is 0 Å². The first-order valence-electron chi connectivity index (χ1n) is 2.63. The second-order valence-electron chi connectivity index (χ2n) is 2.25. The molecule has 0 N–H and O–H groups in total. The van der Waals surface area contributed by atoms with Crippen LogP contribution in [0.2, 0.25) is 0 Å². The molecule has 0 atom stereocenters. The largest absolute Gasteiger partial charge is 0.298 e. The SMILES string of the molecule is CC(=O)C1(C#N)CC1. The minimum absolute atomic E-state index is 0.0278. The molecule has 42 valence electrons. The van der Waals surface area contributed by atoms with Crippen LogP contribution in [0, 0.1) is 16.7 Å². The number of carbonyl (C=O) groups is 1. The molecule has 0 aliphatic heterocycles. The molecule has 0 saturated heterocycles. The van der Waals surface area contributed by atoms with Gasteiger partial charge in [-0.15, -0.1) is 0 Å². The summed E-state index contributed by atoms with van der Waals surface area (Å²) < 4.78 is 0. The summed E-state index contributed by atoms with van der Waals surface area (Å²) in [4.78, 5) is 10.5. The molecule has 2 heteroatoms. The van der Waals surface area contributed by atoms with Crippen LogP contribution < -0.4 is 0 Å². The van der Waals surface area contributed by atoms with Crippen LogP contribution in [0.4, 0.5) is 0 Å². The van der Waals surface area contributed by atoms with Gasteiger partial charge in [-0.1, -0.05) is 0 Å². The van der Waals surface area contributed by atoms with Crippen molar-refractivity contribution < 1.29 is 4.79 Å². The summed E-state index contributed by atoms with van der Waals surface area (Å²) in [5.74, 6) is 0.0278. The maximum Gasteiger partial charge on any atom is 0.150 e. The topological polar surface area (TPSA) is 40.9 Å². The van der Waals surface area contributed by atoms with E-state index in [1.165, 1.54) is 6.92 Å². The van der Waals surface area contributed by atoms with Gasteiger partial charge in [-0.2, -0.15) is 5.26 Å². The Morgan fingerprint density at radius 2 is 2.25 bits per heavy atom. The lowest BCUT2D eigenvalue weighted by Gasteiger charge is -1.93. The van der Waals surface area contributed by atoms with Crippen molar-refractivity contribution >= 4 is 5.78 Å². The van der Waals surface area contributed by atoms with Crippen LogP contribution in [-0.4, -0.2) is 5.78 Å². The van der Waals surface area contributed by atoms with Gasteiger partial charge in [0.05, 0.1) is 6.07 Å². The van der Waals surface area contributed by atoms with E-state index < -0.39 is 5.41 Å². The van der Waals surface area contributed by atoms with Crippen molar-refractivity contribution in [2.45, 2.75) is 19.8 Å². The summed E-state index contributed by atoms with van der Waals surface area (Å²) in [6.45, 7) is 1.48. The van der Waals surface area contributed by atoms with Gasteiger partial charge in [0, 0.05) is 0 Å². The first-order chi connectivity index (χ1) is 3.71. The van der Waals surface area contributed by atoms with E-state index in [4.69, 9.17) is 5.26 Å². The number of rotatable bonds is 1. The smallest absolute Gasteiger partial charge is 0.150 e. The molecule has 0 unspecified atom stereocenters. The van der Waals surface area contributed by atoms with Crippen LogP contribution in [0.3, 0.4) is 0 Å². The lowest BCUT2D eigenvalue weighted by molar-refractivity contribution is -0.120. The number of hydrogen-bond acceptors (Lipinski definition) is 2. The van der Waals surface area contributed by atoms with Gasteiger partial charge in [0.1, 0.15) is 11.2 Å². The zero-order valence-electron chi connectivity index (χ0n) is 4.77. The summed E-state index contributed by atoms with van der Waals surface area (Å²) in [5.41, 5.74) is -0.542. The van der Waals surface area contributed by atoms with E-state index in [1.54, 1.807) is 0 Å². The Hall–Kier alpha value is -0.840. The molecule has 8 heavy (non-hydrogen) atoms. The third-order valence-corrected chi connectivity index (χ3v) is 1.64. The Kier molecular flexibility index (Phi) is 0.872. The van der Waals surface area contributed by atoms with Crippen molar-refractivity contribution in [3.63, 3.8) is 0 Å². The van der Waals surface area contributed by atoms with Crippen LogP contribution in [0.25, 0.3) is 0 Å². The predicted octanol–water partition coefficient (Wildman–Crippen LogP) is 0.879. The fourth-order valence-corrected chi connectivity index (χ4v) is 0.668. The minimum Gasteiger partial charge on any atom is -0.298 e. The highest BCUT2D eigenvalue weighted by Crippen LogP contribution is 2.45. The highest BCUT2D eigenvalue weighted by Gasteiger charge is 2.47. The monoisotopic (exact) mass is 109 g/mol. The number of ketones is 1. The Balaban J connectivity index is 2.71. The van der Waals surface area contributed by atoms with Crippen LogP contribution >= 0.6 is 0 Å². The summed E-state index contributed by atoms with van der Waals surface area (Å²) in [5, 5.41) is 8.36. The molecule has 0 aromatic heterocycles. The molecule has 1 rings (SSSR count). The maximum atomic E-state index is 10.5. The van der Waals surface area contributed by atoms with Crippen molar-refractivity contribution in [2.24, 2.45) is 5.41 Å². The molecule has 1 aliphatic carbocycles. The maximum absolute atomic E-state index is 10.5. The van der Waals surface area contributed by atoms with E-state index in [0.29, 0.717) is 0 Å². The summed E-state index contributed by atoms with van der Waals surface area (Å²) in [6.07, 6.45) is 1.55. The van der Waals surface area contributed by atoms with Crippen LogP contribution in [0.1, 0.15) is 19.8 Å². The highest BCUT2D eigenvalue weighted by atomic mass is 16.1. The van der Waals surface area contributed by atoms with Crippen molar-refractivity contribution in [1.29, 1.82) is 5.26 Å². The molecule has 0 bridgehead atoms. The van der Waals surface area contributed by atoms with Gasteiger partial charge in [0.15, 0.2) is 0 Å². The summed E-state index contributed by atoms with van der Waals surface area (Å²) in [7, 11) is 0. The standard InChI is InChI=1S/C6H7NO/c1-5(8)6(4-7)2-3-6/h2-3H2,1H3. The average molecular weight is 109 g/mol. The molecule has 0 aromatic carbocycles. The van der Waals surface area contributed by atoms with E-state index in [-0.39, 0.29) is 5.78 Å². The Morgan fingerprint density at radius 1 is 1.75 bits per heavy atom. The molecular weight excluding hydrogens is 102 g/mol. The second kappa shape index (κ2) is 1.32. The molecule has 0 heterocycles. The number of nitrogens with zero attached hydrogens (tertiary/aromatic N) is 1. The van der Waals surface area contributed by atoms with Crippen LogP contribution in [-0.2, 0) is 4.79 Å². The van der Waals surface area contributed by atoms with Gasteiger partial charge < -0.3 is 0 Å².